The third-order valence-electron chi connectivity index (χ3n) is 3.54. The number of benzene rings is 2. The minimum absolute atomic E-state index is 0.486. The number of hydrogen-bond donors (Lipinski definition) is 0. The van der Waals surface area contributed by atoms with Crippen LogP contribution in [0, 0.1) is 5.39 Å². The van der Waals surface area contributed by atoms with Gasteiger partial charge in [-0.2, -0.15) is 0 Å². The standard InChI is InChI=1S/C17H14N3O2/c1-21-15-10-13(11-6-3-4-8-14(11)20-18)12-7-5-9-19-16(12)17(15)22-2/h3-10H,1-2H3/q+1. The summed E-state index contributed by atoms with van der Waals surface area (Å²) >= 11 is 0. The molecule has 5 heteroatoms. The molecule has 0 bridgehead atoms. The maximum Gasteiger partial charge on any atom is 0.392 e. The highest BCUT2D eigenvalue weighted by Crippen LogP contribution is 2.43. The maximum atomic E-state index is 9.23. The number of hydrogen-bond acceptors (Lipinski definition) is 4. The van der Waals surface area contributed by atoms with Crippen LogP contribution in [0.15, 0.2) is 48.7 Å². The number of rotatable bonds is 3. The van der Waals surface area contributed by atoms with E-state index in [0.717, 1.165) is 16.5 Å². The van der Waals surface area contributed by atoms with Gasteiger partial charge in [0.1, 0.15) is 5.52 Å². The van der Waals surface area contributed by atoms with Crippen molar-refractivity contribution in [3.8, 4) is 22.6 Å². The first kappa shape index (κ1) is 13.8. The van der Waals surface area contributed by atoms with Gasteiger partial charge in [0, 0.05) is 23.2 Å². The zero-order valence-corrected chi connectivity index (χ0v) is 12.3. The van der Waals surface area contributed by atoms with E-state index in [-0.39, 0.29) is 0 Å². The summed E-state index contributed by atoms with van der Waals surface area (Å²) in [4.78, 5) is 7.76. The monoisotopic (exact) mass is 292 g/mol. The molecule has 0 fully saturated rings. The Bertz CT molecular complexity index is 885. The fourth-order valence-corrected chi connectivity index (χ4v) is 2.55. The van der Waals surface area contributed by atoms with E-state index in [4.69, 9.17) is 9.47 Å². The molecule has 108 valence electrons. The van der Waals surface area contributed by atoms with Crippen molar-refractivity contribution in [3.05, 3.63) is 53.6 Å². The molecule has 5 nitrogen and oxygen atoms in total. The fraction of sp³-hybridized carbons (Fsp3) is 0.118. The second kappa shape index (κ2) is 5.70. The van der Waals surface area contributed by atoms with Crippen molar-refractivity contribution in [2.45, 2.75) is 0 Å². The number of nitrogens with zero attached hydrogens (tertiary/aromatic N) is 3. The second-order valence-corrected chi connectivity index (χ2v) is 4.68. The average molecular weight is 292 g/mol. The van der Waals surface area contributed by atoms with Crippen molar-refractivity contribution in [2.75, 3.05) is 14.2 Å². The summed E-state index contributed by atoms with van der Waals surface area (Å²) in [5.41, 5.74) is 2.85. The summed E-state index contributed by atoms with van der Waals surface area (Å²) in [5, 5.41) is 10.1. The van der Waals surface area contributed by atoms with Crippen molar-refractivity contribution < 1.29 is 9.47 Å². The molecular formula is C17H14N3O2+. The van der Waals surface area contributed by atoms with E-state index in [1.165, 1.54) is 0 Å². The van der Waals surface area contributed by atoms with Crippen LogP contribution in [-0.4, -0.2) is 19.2 Å². The lowest BCUT2D eigenvalue weighted by Crippen LogP contribution is -1.95. The number of fused-ring (bicyclic) bond motifs is 1. The third kappa shape index (κ3) is 2.11. The molecule has 0 atom stereocenters. The Labute approximate surface area is 127 Å². The van der Waals surface area contributed by atoms with E-state index in [0.29, 0.717) is 22.7 Å². The Balaban J connectivity index is 2.42. The van der Waals surface area contributed by atoms with Crippen molar-refractivity contribution >= 4 is 16.6 Å². The first-order valence-corrected chi connectivity index (χ1v) is 6.74. The zero-order valence-electron chi connectivity index (χ0n) is 12.3. The predicted molar refractivity (Wildman–Crippen MR) is 85.0 cm³/mol. The highest BCUT2D eigenvalue weighted by molar-refractivity contribution is 6.02. The summed E-state index contributed by atoms with van der Waals surface area (Å²) in [6, 6.07) is 13.0. The molecule has 22 heavy (non-hydrogen) atoms. The van der Waals surface area contributed by atoms with Gasteiger partial charge in [0.05, 0.1) is 19.8 Å². The molecular weight excluding hydrogens is 278 g/mol. The van der Waals surface area contributed by atoms with Gasteiger partial charge >= 0.3 is 5.69 Å². The lowest BCUT2D eigenvalue weighted by Gasteiger charge is -2.13. The molecule has 0 unspecified atom stereocenters. The van der Waals surface area contributed by atoms with Gasteiger partial charge in [-0.1, -0.05) is 18.2 Å². The first-order chi connectivity index (χ1) is 10.8. The zero-order chi connectivity index (χ0) is 15.5. The highest BCUT2D eigenvalue weighted by Gasteiger charge is 2.21. The largest absolute Gasteiger partial charge is 0.493 e. The van der Waals surface area contributed by atoms with Crippen LogP contribution >= 0.6 is 0 Å². The fourth-order valence-electron chi connectivity index (χ4n) is 2.55. The molecule has 3 aromatic rings. The van der Waals surface area contributed by atoms with Gasteiger partial charge in [0.15, 0.2) is 16.5 Å². The molecule has 0 radical (unpaired) electrons. The molecule has 2 aromatic carbocycles. The van der Waals surface area contributed by atoms with Gasteiger partial charge in [0.25, 0.3) is 0 Å². The quantitative estimate of drug-likeness (QED) is 0.671. The Morgan fingerprint density at radius 1 is 1.00 bits per heavy atom. The number of aromatic nitrogens is 1. The van der Waals surface area contributed by atoms with Crippen LogP contribution in [0.3, 0.4) is 0 Å². The molecule has 0 aliphatic rings. The van der Waals surface area contributed by atoms with E-state index >= 15 is 0 Å². The maximum absolute atomic E-state index is 9.23. The molecule has 0 amide bonds. The van der Waals surface area contributed by atoms with Crippen LogP contribution < -0.4 is 9.47 Å². The molecule has 0 N–H and O–H groups in total. The summed E-state index contributed by atoms with van der Waals surface area (Å²) in [5.74, 6) is 1.16. The molecule has 0 saturated carbocycles. The van der Waals surface area contributed by atoms with Crippen molar-refractivity contribution in [3.63, 3.8) is 0 Å². The number of methoxy groups -OCH3 is 2. The molecule has 0 saturated heterocycles. The molecule has 0 aliphatic heterocycles. The third-order valence-corrected chi connectivity index (χ3v) is 3.54. The van der Waals surface area contributed by atoms with Crippen LogP contribution in [0.5, 0.6) is 11.5 Å². The number of diazo groups is 1. The SMILES string of the molecule is COc1cc(-c2ccccc2[N+]#N)c2cccnc2c1OC. The Hall–Kier alpha value is -3.13. The van der Waals surface area contributed by atoms with Crippen LogP contribution in [0.2, 0.25) is 0 Å². The van der Waals surface area contributed by atoms with E-state index in [9.17, 15) is 5.39 Å². The van der Waals surface area contributed by atoms with E-state index in [1.54, 1.807) is 26.5 Å². The number of ether oxygens (including phenoxy) is 2. The van der Waals surface area contributed by atoms with E-state index in [2.05, 4.69) is 9.96 Å². The average Bonchev–Trinajstić information content (AvgIpc) is 2.60. The van der Waals surface area contributed by atoms with Gasteiger partial charge in [-0.25, -0.2) is 0 Å². The lowest BCUT2D eigenvalue weighted by atomic mass is 9.98. The minimum atomic E-state index is 0.486. The second-order valence-electron chi connectivity index (χ2n) is 4.68. The Kier molecular flexibility index (Phi) is 3.58. The van der Waals surface area contributed by atoms with Crippen LogP contribution in [-0.2, 0) is 0 Å². The van der Waals surface area contributed by atoms with Gasteiger partial charge in [-0.05, 0) is 18.2 Å². The van der Waals surface area contributed by atoms with Crippen molar-refractivity contribution in [2.24, 2.45) is 0 Å². The minimum Gasteiger partial charge on any atom is -0.493 e. The van der Waals surface area contributed by atoms with Crippen molar-refractivity contribution in [1.29, 1.82) is 5.39 Å². The normalized spacial score (nSPS) is 10.2. The molecule has 3 rings (SSSR count). The molecule has 0 aliphatic carbocycles. The van der Waals surface area contributed by atoms with Crippen LogP contribution in [0.25, 0.3) is 27.0 Å². The van der Waals surface area contributed by atoms with Crippen LogP contribution in [0.4, 0.5) is 5.69 Å². The van der Waals surface area contributed by atoms with Gasteiger partial charge in [-0.3, -0.25) is 4.98 Å². The van der Waals surface area contributed by atoms with Gasteiger partial charge < -0.3 is 9.47 Å². The predicted octanol–water partition coefficient (Wildman–Crippen LogP) is 4.40. The summed E-state index contributed by atoms with van der Waals surface area (Å²) in [6.07, 6.45) is 1.70. The summed E-state index contributed by atoms with van der Waals surface area (Å²) < 4.78 is 10.9. The van der Waals surface area contributed by atoms with E-state index < -0.39 is 0 Å². The summed E-state index contributed by atoms with van der Waals surface area (Å²) in [7, 11) is 3.17. The molecule has 1 heterocycles. The Morgan fingerprint density at radius 3 is 2.55 bits per heavy atom. The number of pyridine rings is 1. The smallest absolute Gasteiger partial charge is 0.392 e. The van der Waals surface area contributed by atoms with Gasteiger partial charge in [0.2, 0.25) is 5.39 Å². The highest BCUT2D eigenvalue weighted by atomic mass is 16.5. The van der Waals surface area contributed by atoms with E-state index in [1.807, 2.05) is 36.4 Å². The lowest BCUT2D eigenvalue weighted by molar-refractivity contribution is 0.358. The first-order valence-electron chi connectivity index (χ1n) is 6.74. The summed E-state index contributed by atoms with van der Waals surface area (Å²) in [6.45, 7) is 0. The van der Waals surface area contributed by atoms with Crippen LogP contribution in [0.1, 0.15) is 0 Å². The topological polar surface area (TPSA) is 59.5 Å². The molecule has 1 aromatic heterocycles. The molecule has 0 spiro atoms. The van der Waals surface area contributed by atoms with Crippen molar-refractivity contribution in [1.82, 2.24) is 4.98 Å². The Morgan fingerprint density at radius 2 is 1.82 bits per heavy atom. The van der Waals surface area contributed by atoms with Gasteiger partial charge in [-0.15, -0.1) is 0 Å².